The maximum atomic E-state index is 6.55. The smallest absolute Gasteiger partial charge is 0.191 e. The Morgan fingerprint density at radius 2 is 2.00 bits per heavy atom. The van der Waals surface area contributed by atoms with Crippen molar-refractivity contribution in [3.8, 4) is 0 Å². The normalized spacial score (nSPS) is 16.9. The van der Waals surface area contributed by atoms with Crippen molar-refractivity contribution < 1.29 is 4.74 Å². The summed E-state index contributed by atoms with van der Waals surface area (Å²) >= 11 is 6.55. The summed E-state index contributed by atoms with van der Waals surface area (Å²) in [6.45, 7) is 5.84. The fourth-order valence-corrected chi connectivity index (χ4v) is 3.95. The predicted molar refractivity (Wildman–Crippen MR) is 111 cm³/mol. The number of aryl methyl sites for hydroxylation is 1. The topological polar surface area (TPSA) is 50.6 Å². The summed E-state index contributed by atoms with van der Waals surface area (Å²) in [5, 5.41) is 7.73. The Hall–Kier alpha value is -1.98. The van der Waals surface area contributed by atoms with Gasteiger partial charge in [-0.05, 0) is 43.0 Å². The number of nitrogens with zero attached hydrogens (tertiary/aromatic N) is 2. The number of guanidine groups is 1. The van der Waals surface area contributed by atoms with Crippen LogP contribution in [0.15, 0.2) is 47.7 Å². The van der Waals surface area contributed by atoms with Crippen molar-refractivity contribution in [1.29, 1.82) is 0 Å². The van der Waals surface area contributed by atoms with E-state index < -0.39 is 0 Å². The van der Waals surface area contributed by atoms with Crippen LogP contribution in [0.1, 0.15) is 30.9 Å². The van der Waals surface area contributed by atoms with Crippen molar-refractivity contribution in [3.63, 3.8) is 0 Å². The Balaban J connectivity index is 1.75. The number of halogens is 1. The Morgan fingerprint density at radius 1 is 1.22 bits per heavy atom. The SMILES string of the molecule is CCNC(=NCc1ccn(C)c1)NCC1(c2ccccc2Cl)CCOCC1. The van der Waals surface area contributed by atoms with Gasteiger partial charge in [0, 0.05) is 56.2 Å². The lowest BCUT2D eigenvalue weighted by Gasteiger charge is -2.38. The summed E-state index contributed by atoms with van der Waals surface area (Å²) in [5.74, 6) is 0.833. The zero-order chi connectivity index (χ0) is 19.1. The molecule has 0 saturated carbocycles. The molecule has 3 rings (SSSR count). The van der Waals surface area contributed by atoms with Crippen LogP contribution < -0.4 is 10.6 Å². The summed E-state index contributed by atoms with van der Waals surface area (Å²) in [5.41, 5.74) is 2.35. The molecule has 1 aliphatic heterocycles. The number of benzene rings is 1. The van der Waals surface area contributed by atoms with Crippen LogP contribution in [0.25, 0.3) is 0 Å². The summed E-state index contributed by atoms with van der Waals surface area (Å²) in [6, 6.07) is 10.3. The number of rotatable bonds is 6. The molecular weight excluding hydrogens is 360 g/mol. The third-order valence-electron chi connectivity index (χ3n) is 5.15. The van der Waals surface area contributed by atoms with E-state index >= 15 is 0 Å². The molecule has 146 valence electrons. The first kappa shape index (κ1) is 19.8. The molecule has 0 unspecified atom stereocenters. The minimum absolute atomic E-state index is 0.0421. The number of aliphatic imine (C=N–C) groups is 1. The highest BCUT2D eigenvalue weighted by Crippen LogP contribution is 2.38. The van der Waals surface area contributed by atoms with Gasteiger partial charge in [-0.1, -0.05) is 29.8 Å². The fourth-order valence-electron chi connectivity index (χ4n) is 3.61. The molecule has 0 aliphatic carbocycles. The van der Waals surface area contributed by atoms with E-state index in [0.29, 0.717) is 6.54 Å². The highest BCUT2D eigenvalue weighted by molar-refractivity contribution is 6.31. The first-order chi connectivity index (χ1) is 13.1. The van der Waals surface area contributed by atoms with Crippen molar-refractivity contribution in [2.45, 2.75) is 31.7 Å². The van der Waals surface area contributed by atoms with Crippen LogP contribution in [0, 0.1) is 0 Å². The van der Waals surface area contributed by atoms with Gasteiger partial charge in [0.2, 0.25) is 0 Å². The van der Waals surface area contributed by atoms with Gasteiger partial charge < -0.3 is 19.9 Å². The molecule has 6 heteroatoms. The average Bonchev–Trinajstić information content (AvgIpc) is 3.10. The highest BCUT2D eigenvalue weighted by atomic mass is 35.5. The van der Waals surface area contributed by atoms with Gasteiger partial charge in [-0.25, -0.2) is 4.99 Å². The van der Waals surface area contributed by atoms with E-state index in [1.807, 2.05) is 29.9 Å². The van der Waals surface area contributed by atoms with Crippen LogP contribution in [-0.2, 0) is 23.7 Å². The molecule has 0 radical (unpaired) electrons. The molecule has 0 amide bonds. The highest BCUT2D eigenvalue weighted by Gasteiger charge is 2.36. The van der Waals surface area contributed by atoms with E-state index in [1.54, 1.807) is 0 Å². The minimum atomic E-state index is -0.0421. The minimum Gasteiger partial charge on any atom is -0.381 e. The lowest BCUT2D eigenvalue weighted by Crippen LogP contribution is -2.48. The van der Waals surface area contributed by atoms with E-state index in [1.165, 1.54) is 11.1 Å². The summed E-state index contributed by atoms with van der Waals surface area (Å²) in [7, 11) is 2.02. The molecule has 2 N–H and O–H groups in total. The number of nitrogens with one attached hydrogen (secondary N) is 2. The zero-order valence-corrected chi connectivity index (χ0v) is 16.9. The second kappa shape index (κ2) is 9.29. The van der Waals surface area contributed by atoms with Crippen molar-refractivity contribution in [3.05, 3.63) is 58.9 Å². The fraction of sp³-hybridized carbons (Fsp3) is 0.476. The van der Waals surface area contributed by atoms with Gasteiger partial charge in [-0.3, -0.25) is 0 Å². The Labute approximate surface area is 166 Å². The third kappa shape index (κ3) is 5.05. The predicted octanol–water partition coefficient (Wildman–Crippen LogP) is 3.48. The molecule has 1 aliphatic rings. The molecule has 5 nitrogen and oxygen atoms in total. The first-order valence-electron chi connectivity index (χ1n) is 9.59. The van der Waals surface area contributed by atoms with Gasteiger partial charge in [-0.2, -0.15) is 0 Å². The van der Waals surface area contributed by atoms with Crippen molar-refractivity contribution in [2.75, 3.05) is 26.3 Å². The largest absolute Gasteiger partial charge is 0.381 e. The van der Waals surface area contributed by atoms with E-state index in [-0.39, 0.29) is 5.41 Å². The summed E-state index contributed by atoms with van der Waals surface area (Å²) in [4.78, 5) is 4.75. The van der Waals surface area contributed by atoms with Crippen molar-refractivity contribution in [1.82, 2.24) is 15.2 Å². The molecule has 2 aromatic rings. The zero-order valence-electron chi connectivity index (χ0n) is 16.2. The monoisotopic (exact) mass is 388 g/mol. The number of aromatic nitrogens is 1. The lowest BCUT2D eigenvalue weighted by atomic mass is 9.74. The number of hydrogen-bond donors (Lipinski definition) is 2. The quantitative estimate of drug-likeness (QED) is 0.588. The lowest BCUT2D eigenvalue weighted by molar-refractivity contribution is 0.0514. The molecule has 2 heterocycles. The molecule has 0 bridgehead atoms. The molecule has 0 spiro atoms. The van der Waals surface area contributed by atoms with Crippen LogP contribution in [0.4, 0.5) is 0 Å². The van der Waals surface area contributed by atoms with Crippen LogP contribution in [0.5, 0.6) is 0 Å². The molecule has 1 aromatic heterocycles. The van der Waals surface area contributed by atoms with Gasteiger partial charge in [0.25, 0.3) is 0 Å². The Morgan fingerprint density at radius 3 is 2.67 bits per heavy atom. The summed E-state index contributed by atoms with van der Waals surface area (Å²) in [6.07, 6.45) is 6.03. The number of ether oxygens (including phenoxy) is 1. The van der Waals surface area contributed by atoms with Gasteiger partial charge in [-0.15, -0.1) is 0 Å². The summed E-state index contributed by atoms with van der Waals surface area (Å²) < 4.78 is 7.67. The Kier molecular flexibility index (Phi) is 6.80. The van der Waals surface area contributed by atoms with Crippen molar-refractivity contribution >= 4 is 17.6 Å². The number of hydrogen-bond acceptors (Lipinski definition) is 2. The Bertz CT molecular complexity index is 765. The first-order valence-corrected chi connectivity index (χ1v) is 9.96. The van der Waals surface area contributed by atoms with E-state index in [0.717, 1.165) is 50.1 Å². The average molecular weight is 389 g/mol. The molecule has 1 saturated heterocycles. The van der Waals surface area contributed by atoms with Crippen LogP contribution in [-0.4, -0.2) is 36.8 Å². The van der Waals surface area contributed by atoms with Crippen molar-refractivity contribution in [2.24, 2.45) is 12.0 Å². The van der Waals surface area contributed by atoms with Gasteiger partial charge in [0.1, 0.15) is 0 Å². The second-order valence-electron chi connectivity index (χ2n) is 7.11. The van der Waals surface area contributed by atoms with E-state index in [9.17, 15) is 0 Å². The third-order valence-corrected chi connectivity index (χ3v) is 5.48. The maximum absolute atomic E-state index is 6.55. The van der Waals surface area contributed by atoms with Crippen LogP contribution in [0.2, 0.25) is 5.02 Å². The molecule has 1 fully saturated rings. The van der Waals surface area contributed by atoms with E-state index in [4.69, 9.17) is 21.3 Å². The second-order valence-corrected chi connectivity index (χ2v) is 7.51. The van der Waals surface area contributed by atoms with Gasteiger partial charge in [0.15, 0.2) is 5.96 Å². The van der Waals surface area contributed by atoms with E-state index in [2.05, 4.69) is 42.0 Å². The molecule has 27 heavy (non-hydrogen) atoms. The standard InChI is InChI=1S/C21H29ClN4O/c1-3-23-20(24-14-17-8-11-26(2)15-17)25-16-21(9-12-27-13-10-21)18-6-4-5-7-19(18)22/h4-8,11,15H,3,9-10,12-14,16H2,1-2H3,(H2,23,24,25). The molecule has 1 aromatic carbocycles. The molecule has 0 atom stereocenters. The van der Waals surface area contributed by atoms with Gasteiger partial charge in [0.05, 0.1) is 6.54 Å². The van der Waals surface area contributed by atoms with Gasteiger partial charge >= 0.3 is 0 Å². The van der Waals surface area contributed by atoms with Crippen LogP contribution in [0.3, 0.4) is 0 Å². The van der Waals surface area contributed by atoms with Crippen LogP contribution >= 0.6 is 11.6 Å². The maximum Gasteiger partial charge on any atom is 0.191 e. The molecular formula is C21H29ClN4O.